The SMILES string of the molecule is CCC(CC)(CNCc1ccc(C(=O)OC)c(F)c1)SC. The van der Waals surface area contributed by atoms with E-state index in [4.69, 9.17) is 0 Å². The second-order valence-corrected chi connectivity index (χ2v) is 6.28. The number of rotatable bonds is 8. The molecule has 0 spiro atoms. The molecule has 0 unspecified atom stereocenters. The largest absolute Gasteiger partial charge is 0.465 e. The van der Waals surface area contributed by atoms with Gasteiger partial charge < -0.3 is 10.1 Å². The van der Waals surface area contributed by atoms with Crippen molar-refractivity contribution < 1.29 is 13.9 Å². The monoisotopic (exact) mass is 313 g/mol. The van der Waals surface area contributed by atoms with Crippen molar-refractivity contribution >= 4 is 17.7 Å². The zero-order chi connectivity index (χ0) is 15.9. The molecule has 3 nitrogen and oxygen atoms in total. The maximum atomic E-state index is 13.8. The summed E-state index contributed by atoms with van der Waals surface area (Å²) in [5.41, 5.74) is 0.796. The minimum absolute atomic E-state index is 0.0261. The summed E-state index contributed by atoms with van der Waals surface area (Å²) in [5.74, 6) is -1.19. The molecule has 118 valence electrons. The first kappa shape index (κ1) is 18.0. The van der Waals surface area contributed by atoms with Crippen LogP contribution >= 0.6 is 11.8 Å². The standard InChI is InChI=1S/C16H24FNO2S/c1-5-16(6-2,21-4)11-18-10-12-7-8-13(14(17)9-12)15(19)20-3/h7-9,18H,5-6,10-11H2,1-4H3. The van der Waals surface area contributed by atoms with Crippen LogP contribution in [0, 0.1) is 5.82 Å². The molecule has 0 saturated heterocycles. The van der Waals surface area contributed by atoms with E-state index in [0.717, 1.165) is 24.9 Å². The highest BCUT2D eigenvalue weighted by atomic mass is 32.2. The average molecular weight is 313 g/mol. The number of ether oxygens (including phenoxy) is 1. The van der Waals surface area contributed by atoms with Crippen LogP contribution in [0.4, 0.5) is 4.39 Å². The fourth-order valence-electron chi connectivity index (χ4n) is 2.24. The molecule has 0 radical (unpaired) electrons. The van der Waals surface area contributed by atoms with E-state index < -0.39 is 11.8 Å². The molecule has 1 rings (SSSR count). The number of hydrogen-bond acceptors (Lipinski definition) is 4. The summed E-state index contributed by atoms with van der Waals surface area (Å²) < 4.78 is 18.6. The highest BCUT2D eigenvalue weighted by Crippen LogP contribution is 2.29. The number of hydrogen-bond donors (Lipinski definition) is 1. The van der Waals surface area contributed by atoms with E-state index in [1.807, 2.05) is 11.8 Å². The summed E-state index contributed by atoms with van der Waals surface area (Å²) in [4.78, 5) is 11.3. The Morgan fingerprint density at radius 3 is 2.52 bits per heavy atom. The highest BCUT2D eigenvalue weighted by molar-refractivity contribution is 8.00. The fraction of sp³-hybridized carbons (Fsp3) is 0.562. The number of carbonyl (C=O) groups excluding carboxylic acids is 1. The van der Waals surface area contributed by atoms with Gasteiger partial charge in [-0.3, -0.25) is 0 Å². The van der Waals surface area contributed by atoms with E-state index in [0.29, 0.717) is 6.54 Å². The Labute approximate surface area is 130 Å². The molecule has 0 aromatic heterocycles. The minimum atomic E-state index is -0.648. The summed E-state index contributed by atoms with van der Waals surface area (Å²) in [5, 5.41) is 3.38. The van der Waals surface area contributed by atoms with E-state index >= 15 is 0 Å². The van der Waals surface area contributed by atoms with Gasteiger partial charge in [-0.05, 0) is 36.8 Å². The van der Waals surface area contributed by atoms with Crippen LogP contribution < -0.4 is 5.32 Å². The fourth-order valence-corrected chi connectivity index (χ4v) is 3.06. The molecule has 1 N–H and O–H groups in total. The van der Waals surface area contributed by atoms with E-state index in [-0.39, 0.29) is 10.3 Å². The Balaban J connectivity index is 2.65. The zero-order valence-corrected chi connectivity index (χ0v) is 14.0. The molecule has 0 aliphatic rings. The maximum Gasteiger partial charge on any atom is 0.340 e. The molecule has 0 bridgehead atoms. The van der Waals surface area contributed by atoms with Gasteiger partial charge in [0.05, 0.1) is 12.7 Å². The van der Waals surface area contributed by atoms with Crippen molar-refractivity contribution in [3.63, 3.8) is 0 Å². The molecule has 21 heavy (non-hydrogen) atoms. The predicted molar refractivity (Wildman–Crippen MR) is 86.3 cm³/mol. The van der Waals surface area contributed by atoms with Gasteiger partial charge in [0.15, 0.2) is 0 Å². The highest BCUT2D eigenvalue weighted by Gasteiger charge is 2.24. The van der Waals surface area contributed by atoms with Gasteiger partial charge in [0.1, 0.15) is 5.82 Å². The summed E-state index contributed by atoms with van der Waals surface area (Å²) in [6, 6.07) is 4.61. The Morgan fingerprint density at radius 2 is 2.05 bits per heavy atom. The van der Waals surface area contributed by atoms with Crippen LogP contribution in [0.25, 0.3) is 0 Å². The number of carbonyl (C=O) groups is 1. The van der Waals surface area contributed by atoms with Crippen LogP contribution in [0.2, 0.25) is 0 Å². The molecule has 5 heteroatoms. The first-order chi connectivity index (χ1) is 10.0. The number of esters is 1. The first-order valence-corrected chi connectivity index (χ1v) is 8.37. The van der Waals surface area contributed by atoms with Gasteiger partial charge in [-0.1, -0.05) is 19.9 Å². The Hall–Kier alpha value is -1.07. The molecule has 0 heterocycles. The second-order valence-electron chi connectivity index (χ2n) is 5.00. The molecular formula is C16H24FNO2S. The third-order valence-electron chi connectivity index (χ3n) is 3.94. The van der Waals surface area contributed by atoms with Crippen molar-refractivity contribution in [1.29, 1.82) is 0 Å². The summed E-state index contributed by atoms with van der Waals surface area (Å²) >= 11 is 1.87. The average Bonchev–Trinajstić information content (AvgIpc) is 2.51. The van der Waals surface area contributed by atoms with E-state index in [9.17, 15) is 9.18 Å². The van der Waals surface area contributed by atoms with Crippen molar-refractivity contribution in [3.8, 4) is 0 Å². The Kier molecular flexibility index (Phi) is 7.18. The molecule has 0 atom stereocenters. The van der Waals surface area contributed by atoms with E-state index in [1.165, 1.54) is 19.2 Å². The molecule has 0 aliphatic heterocycles. The van der Waals surface area contributed by atoms with Crippen molar-refractivity contribution in [2.24, 2.45) is 0 Å². The minimum Gasteiger partial charge on any atom is -0.465 e. The maximum absolute atomic E-state index is 13.8. The third kappa shape index (κ3) is 4.71. The molecule has 0 saturated carbocycles. The third-order valence-corrected chi connectivity index (χ3v) is 5.52. The van der Waals surface area contributed by atoms with Gasteiger partial charge in [-0.15, -0.1) is 0 Å². The van der Waals surface area contributed by atoms with Crippen LogP contribution in [0.5, 0.6) is 0 Å². The molecule has 0 amide bonds. The quantitative estimate of drug-likeness (QED) is 0.744. The second kappa shape index (κ2) is 8.39. The normalized spacial score (nSPS) is 11.5. The van der Waals surface area contributed by atoms with Gasteiger partial charge in [-0.25, -0.2) is 9.18 Å². The van der Waals surface area contributed by atoms with E-state index in [2.05, 4.69) is 30.2 Å². The molecular weight excluding hydrogens is 289 g/mol. The van der Waals surface area contributed by atoms with Gasteiger partial charge in [-0.2, -0.15) is 11.8 Å². The lowest BCUT2D eigenvalue weighted by molar-refractivity contribution is 0.0595. The molecule has 1 aromatic carbocycles. The van der Waals surface area contributed by atoms with Gasteiger partial charge in [0.25, 0.3) is 0 Å². The number of benzene rings is 1. The number of nitrogens with one attached hydrogen (secondary N) is 1. The lowest BCUT2D eigenvalue weighted by Crippen LogP contribution is -2.36. The van der Waals surface area contributed by atoms with Gasteiger partial charge in [0.2, 0.25) is 0 Å². The smallest absolute Gasteiger partial charge is 0.340 e. The van der Waals surface area contributed by atoms with Crippen molar-refractivity contribution in [2.75, 3.05) is 19.9 Å². The molecule has 1 aromatic rings. The Morgan fingerprint density at radius 1 is 1.38 bits per heavy atom. The number of methoxy groups -OCH3 is 1. The summed E-state index contributed by atoms with van der Waals surface area (Å²) in [6.45, 7) is 5.83. The van der Waals surface area contributed by atoms with Crippen LogP contribution in [0.3, 0.4) is 0 Å². The van der Waals surface area contributed by atoms with Crippen LogP contribution in [0.15, 0.2) is 18.2 Å². The van der Waals surface area contributed by atoms with Crippen molar-refractivity contribution in [3.05, 3.63) is 35.1 Å². The lowest BCUT2D eigenvalue weighted by Gasteiger charge is -2.30. The number of halogens is 1. The van der Waals surface area contributed by atoms with Crippen molar-refractivity contribution in [2.45, 2.75) is 38.0 Å². The lowest BCUT2D eigenvalue weighted by atomic mass is 10.0. The van der Waals surface area contributed by atoms with E-state index in [1.54, 1.807) is 6.07 Å². The zero-order valence-electron chi connectivity index (χ0n) is 13.2. The van der Waals surface area contributed by atoms with Gasteiger partial charge in [0, 0.05) is 17.8 Å². The van der Waals surface area contributed by atoms with Crippen molar-refractivity contribution in [1.82, 2.24) is 5.32 Å². The summed E-state index contributed by atoms with van der Waals surface area (Å²) in [6.07, 6.45) is 4.31. The number of thioether (sulfide) groups is 1. The van der Waals surface area contributed by atoms with Crippen LogP contribution in [-0.4, -0.2) is 30.6 Å². The Bertz CT molecular complexity index is 467. The summed E-state index contributed by atoms with van der Waals surface area (Å²) in [7, 11) is 1.24. The first-order valence-electron chi connectivity index (χ1n) is 7.14. The van der Waals surface area contributed by atoms with Crippen LogP contribution in [-0.2, 0) is 11.3 Å². The molecule has 0 fully saturated rings. The molecule has 0 aliphatic carbocycles. The topological polar surface area (TPSA) is 38.3 Å². The van der Waals surface area contributed by atoms with Gasteiger partial charge >= 0.3 is 5.97 Å². The van der Waals surface area contributed by atoms with Crippen LogP contribution in [0.1, 0.15) is 42.6 Å². The predicted octanol–water partition coefficient (Wildman–Crippen LogP) is 3.62.